The second-order valence-electron chi connectivity index (χ2n) is 7.51. The van der Waals surface area contributed by atoms with Crippen LogP contribution in [-0.4, -0.2) is 22.6 Å². The summed E-state index contributed by atoms with van der Waals surface area (Å²) in [6.07, 6.45) is 2.09. The number of hydrogen-bond donors (Lipinski definition) is 0. The summed E-state index contributed by atoms with van der Waals surface area (Å²) in [4.78, 5) is 44.0. The number of nitrogens with zero attached hydrogens (tertiary/aromatic N) is 2. The Labute approximate surface area is 145 Å². The van der Waals surface area contributed by atoms with Crippen molar-refractivity contribution in [3.63, 3.8) is 0 Å². The minimum Gasteiger partial charge on any atom is -0.299 e. The van der Waals surface area contributed by atoms with Gasteiger partial charge in [-0.2, -0.15) is 0 Å². The fourth-order valence-corrected chi connectivity index (χ4v) is 4.99. The molecule has 0 N–H and O–H groups in total. The number of amides is 2. The molecule has 5 nitrogen and oxygen atoms in total. The van der Waals surface area contributed by atoms with Gasteiger partial charge < -0.3 is 0 Å². The number of Topliss-reactive ketones (excluding diaryl/α,β-unsaturated/α-hetero) is 1. The lowest BCUT2D eigenvalue weighted by molar-refractivity contribution is -0.143. The van der Waals surface area contributed by atoms with Gasteiger partial charge in [-0.05, 0) is 49.9 Å². The first-order valence-corrected chi connectivity index (χ1v) is 8.82. The third kappa shape index (κ3) is 1.95. The molecule has 0 radical (unpaired) electrons. The minimum atomic E-state index is -0.445. The van der Waals surface area contributed by atoms with E-state index < -0.39 is 5.92 Å². The quantitative estimate of drug-likeness (QED) is 0.752. The Morgan fingerprint density at radius 3 is 2.60 bits per heavy atom. The number of pyridine rings is 1. The zero-order valence-electron chi connectivity index (χ0n) is 13.9. The third-order valence-electron chi connectivity index (χ3n) is 6.13. The van der Waals surface area contributed by atoms with Crippen LogP contribution < -0.4 is 4.90 Å². The fraction of sp³-hybridized carbons (Fsp3) is 0.400. The fourth-order valence-electron chi connectivity index (χ4n) is 4.99. The number of imide groups is 1. The van der Waals surface area contributed by atoms with Crippen molar-refractivity contribution in [1.29, 1.82) is 0 Å². The number of benzene rings is 1. The highest BCUT2D eigenvalue weighted by molar-refractivity contribution is 6.24. The number of rotatable bonds is 1. The lowest BCUT2D eigenvalue weighted by atomic mass is 9.59. The molecule has 5 heteroatoms. The second-order valence-corrected chi connectivity index (χ2v) is 7.51. The molecule has 126 valence electrons. The zero-order valence-corrected chi connectivity index (χ0v) is 13.9. The van der Waals surface area contributed by atoms with Crippen molar-refractivity contribution in [3.8, 4) is 0 Å². The number of anilines is 1. The average molecular weight is 334 g/mol. The van der Waals surface area contributed by atoms with Crippen molar-refractivity contribution < 1.29 is 14.4 Å². The number of aromatic nitrogens is 1. The molecular weight excluding hydrogens is 316 g/mol. The van der Waals surface area contributed by atoms with Gasteiger partial charge in [0.05, 0.1) is 23.0 Å². The normalized spacial score (nSPS) is 31.1. The molecule has 0 unspecified atom stereocenters. The van der Waals surface area contributed by atoms with Gasteiger partial charge in [-0.3, -0.25) is 24.3 Å². The molecule has 2 bridgehead atoms. The van der Waals surface area contributed by atoms with Crippen LogP contribution in [0.5, 0.6) is 0 Å². The predicted molar refractivity (Wildman–Crippen MR) is 91.8 cm³/mol. The third-order valence-corrected chi connectivity index (χ3v) is 6.13. The Kier molecular flexibility index (Phi) is 2.94. The molecule has 25 heavy (non-hydrogen) atoms. The Bertz CT molecular complexity index is 951. The van der Waals surface area contributed by atoms with Gasteiger partial charge in [0.1, 0.15) is 5.78 Å². The molecule has 2 amide bonds. The number of ketones is 1. The van der Waals surface area contributed by atoms with Crippen molar-refractivity contribution in [2.45, 2.75) is 26.2 Å². The summed E-state index contributed by atoms with van der Waals surface area (Å²) in [6.45, 7) is 1.93. The maximum atomic E-state index is 13.0. The van der Waals surface area contributed by atoms with Gasteiger partial charge in [0.15, 0.2) is 0 Å². The van der Waals surface area contributed by atoms with Crippen LogP contribution in [-0.2, 0) is 14.4 Å². The van der Waals surface area contributed by atoms with Gasteiger partial charge in [0, 0.05) is 23.4 Å². The Hall–Kier alpha value is -2.56. The van der Waals surface area contributed by atoms with Gasteiger partial charge in [0.25, 0.3) is 0 Å². The lowest BCUT2D eigenvalue weighted by Crippen LogP contribution is -2.46. The molecule has 1 aromatic carbocycles. The molecule has 6 rings (SSSR count). The molecule has 0 spiro atoms. The highest BCUT2D eigenvalue weighted by Crippen LogP contribution is 2.52. The van der Waals surface area contributed by atoms with E-state index in [1.807, 2.05) is 31.2 Å². The summed E-state index contributed by atoms with van der Waals surface area (Å²) in [6, 6.07) is 9.34. The van der Waals surface area contributed by atoms with Gasteiger partial charge in [0.2, 0.25) is 11.8 Å². The lowest BCUT2D eigenvalue weighted by Gasteiger charge is -2.41. The molecule has 3 saturated carbocycles. The Morgan fingerprint density at radius 2 is 1.80 bits per heavy atom. The summed E-state index contributed by atoms with van der Waals surface area (Å²) in [5.41, 5.74) is 2.36. The minimum absolute atomic E-state index is 0.0359. The van der Waals surface area contributed by atoms with Crippen LogP contribution in [0.1, 0.15) is 25.0 Å². The van der Waals surface area contributed by atoms with Crippen molar-refractivity contribution in [1.82, 2.24) is 4.98 Å². The molecular formula is C20H18N2O3. The highest BCUT2D eigenvalue weighted by atomic mass is 16.2. The smallest absolute Gasteiger partial charge is 0.238 e. The molecule has 3 aliphatic carbocycles. The van der Waals surface area contributed by atoms with Gasteiger partial charge in [-0.25, -0.2) is 0 Å². The molecule has 4 fully saturated rings. The Balaban J connectivity index is 1.58. The maximum absolute atomic E-state index is 13.0. The van der Waals surface area contributed by atoms with E-state index in [0.29, 0.717) is 12.1 Å². The first-order valence-electron chi connectivity index (χ1n) is 8.82. The number of aryl methyl sites for hydroxylation is 1. The topological polar surface area (TPSA) is 67.3 Å². The molecule has 4 atom stereocenters. The standard InChI is InChI=1S/C20H18N2O3/c1-10-2-3-11-8-13(5-7-15(11)21-10)22-19(24)17-12-4-6-14(16(23)9-12)18(17)20(22)25/h2-3,5,7-8,12,14,17-18H,4,6,9H2,1H3/t12-,14+,17+,18-/m0/s1. The number of carbonyl (C=O) groups excluding carboxylic acids is 3. The number of hydrogen-bond acceptors (Lipinski definition) is 4. The van der Waals surface area contributed by atoms with E-state index in [-0.39, 0.29) is 35.4 Å². The van der Waals surface area contributed by atoms with E-state index in [9.17, 15) is 14.4 Å². The SMILES string of the molecule is Cc1ccc2cc(N3C(=O)[C@@H]4[C@H]5CC[C@H](C(=O)C5)[C@@H]4C3=O)ccc2n1. The van der Waals surface area contributed by atoms with Gasteiger partial charge in [-0.1, -0.05) is 6.07 Å². The van der Waals surface area contributed by atoms with Crippen LogP contribution in [0.25, 0.3) is 10.9 Å². The summed E-state index contributed by atoms with van der Waals surface area (Å²) in [7, 11) is 0. The highest BCUT2D eigenvalue weighted by Gasteiger charge is 2.60. The number of fused-ring (bicyclic) bond motifs is 3. The van der Waals surface area contributed by atoms with Gasteiger partial charge >= 0.3 is 0 Å². The van der Waals surface area contributed by atoms with Crippen LogP contribution in [0.2, 0.25) is 0 Å². The van der Waals surface area contributed by atoms with Crippen molar-refractivity contribution in [2.75, 3.05) is 4.90 Å². The van der Waals surface area contributed by atoms with Crippen LogP contribution >= 0.6 is 0 Å². The van der Waals surface area contributed by atoms with Crippen LogP contribution in [0.15, 0.2) is 30.3 Å². The summed E-state index contributed by atoms with van der Waals surface area (Å²) in [5, 5.41) is 0.901. The zero-order chi connectivity index (χ0) is 17.3. The Morgan fingerprint density at radius 1 is 1.00 bits per heavy atom. The van der Waals surface area contributed by atoms with E-state index >= 15 is 0 Å². The van der Waals surface area contributed by atoms with E-state index in [2.05, 4.69) is 4.98 Å². The second kappa shape index (κ2) is 4.97. The molecule has 2 heterocycles. The van der Waals surface area contributed by atoms with Crippen molar-refractivity contribution >= 4 is 34.2 Å². The first-order chi connectivity index (χ1) is 12.0. The summed E-state index contributed by atoms with van der Waals surface area (Å²) in [5.74, 6) is -1.14. The molecule has 1 aliphatic heterocycles. The van der Waals surface area contributed by atoms with Gasteiger partial charge in [-0.15, -0.1) is 0 Å². The van der Waals surface area contributed by atoms with Crippen LogP contribution in [0, 0.1) is 30.6 Å². The molecule has 1 aromatic heterocycles. The largest absolute Gasteiger partial charge is 0.299 e. The summed E-state index contributed by atoms with van der Waals surface area (Å²) < 4.78 is 0. The molecule has 2 aromatic rings. The first kappa shape index (κ1) is 14.8. The van der Waals surface area contributed by atoms with Crippen molar-refractivity contribution in [2.24, 2.45) is 23.7 Å². The summed E-state index contributed by atoms with van der Waals surface area (Å²) >= 11 is 0. The number of carbonyl (C=O) groups is 3. The van der Waals surface area contributed by atoms with E-state index in [1.54, 1.807) is 6.07 Å². The predicted octanol–water partition coefficient (Wildman–Crippen LogP) is 2.65. The van der Waals surface area contributed by atoms with E-state index in [4.69, 9.17) is 0 Å². The molecule has 1 saturated heterocycles. The average Bonchev–Trinajstić information content (AvgIpc) is 2.88. The van der Waals surface area contributed by atoms with Crippen LogP contribution in [0.4, 0.5) is 5.69 Å². The monoisotopic (exact) mass is 334 g/mol. The van der Waals surface area contributed by atoms with E-state index in [1.165, 1.54) is 4.90 Å². The molecule has 4 aliphatic rings. The van der Waals surface area contributed by atoms with Crippen LogP contribution in [0.3, 0.4) is 0 Å². The van der Waals surface area contributed by atoms with E-state index in [0.717, 1.165) is 29.4 Å². The van der Waals surface area contributed by atoms with Crippen molar-refractivity contribution in [3.05, 3.63) is 36.0 Å². The maximum Gasteiger partial charge on any atom is 0.238 e.